The normalized spacial score (nSPS) is 11.7. The monoisotopic (exact) mass is 336 g/mol. The lowest BCUT2D eigenvalue weighted by atomic mass is 10.2. The third kappa shape index (κ3) is 3.61. The van der Waals surface area contributed by atoms with E-state index < -0.39 is 16.0 Å². The van der Waals surface area contributed by atoms with Gasteiger partial charge in [-0.2, -0.15) is 0 Å². The van der Waals surface area contributed by atoms with Crippen molar-refractivity contribution in [2.45, 2.75) is 45.1 Å². The highest BCUT2D eigenvalue weighted by molar-refractivity contribution is 7.90. The van der Waals surface area contributed by atoms with Crippen LogP contribution < -0.4 is 0 Å². The summed E-state index contributed by atoms with van der Waals surface area (Å²) in [5.74, 6) is -0.161. The first kappa shape index (κ1) is 17.2. The largest absolute Gasteiger partial charge is 0.459 e. The molecule has 2 aromatic rings. The van der Waals surface area contributed by atoms with Gasteiger partial charge in [-0.1, -0.05) is 31.5 Å². The molecule has 23 heavy (non-hydrogen) atoms. The average molecular weight is 336 g/mol. The number of imidazole rings is 1. The Labute approximate surface area is 136 Å². The van der Waals surface area contributed by atoms with Crippen molar-refractivity contribution < 1.29 is 17.9 Å². The van der Waals surface area contributed by atoms with Crippen LogP contribution in [0.15, 0.2) is 35.4 Å². The molecule has 0 bridgehead atoms. The van der Waals surface area contributed by atoms with E-state index in [4.69, 9.17) is 4.74 Å². The number of esters is 1. The Balaban J connectivity index is 2.56. The molecule has 1 aromatic heterocycles. The van der Waals surface area contributed by atoms with Gasteiger partial charge in [0.1, 0.15) is 12.4 Å². The van der Waals surface area contributed by atoms with E-state index in [9.17, 15) is 13.2 Å². The molecule has 6 nitrogen and oxygen atoms in total. The van der Waals surface area contributed by atoms with Crippen LogP contribution >= 0.6 is 0 Å². The minimum Gasteiger partial charge on any atom is -0.459 e. The molecule has 0 spiro atoms. The summed E-state index contributed by atoms with van der Waals surface area (Å²) in [6.07, 6.45) is 1.43. The molecule has 7 heteroatoms. The first-order valence-corrected chi connectivity index (χ1v) is 8.69. The second-order valence-electron chi connectivity index (χ2n) is 5.63. The summed E-state index contributed by atoms with van der Waals surface area (Å²) >= 11 is 0. The molecular formula is C16H20N2O4S. The van der Waals surface area contributed by atoms with Gasteiger partial charge in [0.2, 0.25) is 0 Å². The summed E-state index contributed by atoms with van der Waals surface area (Å²) < 4.78 is 32.1. The van der Waals surface area contributed by atoms with Crippen LogP contribution in [0.25, 0.3) is 0 Å². The molecule has 0 N–H and O–H groups in total. The van der Waals surface area contributed by atoms with Crippen LogP contribution in [0.4, 0.5) is 0 Å². The molecule has 1 aromatic carbocycles. The molecule has 0 aliphatic carbocycles. The maximum absolute atomic E-state index is 13.0. The summed E-state index contributed by atoms with van der Waals surface area (Å²) in [5.41, 5.74) is 1.29. The number of nitrogens with zero attached hydrogens (tertiary/aromatic N) is 2. The van der Waals surface area contributed by atoms with Crippen LogP contribution in [0.1, 0.15) is 43.8 Å². The van der Waals surface area contributed by atoms with E-state index in [1.54, 1.807) is 24.3 Å². The minimum absolute atomic E-state index is 0.0960. The first-order chi connectivity index (χ1) is 10.7. The van der Waals surface area contributed by atoms with Gasteiger partial charge in [-0.15, -0.1) is 0 Å². The Morgan fingerprint density at radius 1 is 1.26 bits per heavy atom. The zero-order chi connectivity index (χ0) is 17.2. The molecule has 124 valence electrons. The van der Waals surface area contributed by atoms with Gasteiger partial charge in [0.15, 0.2) is 0 Å². The molecule has 0 atom stereocenters. The van der Waals surface area contributed by atoms with E-state index in [1.165, 1.54) is 17.1 Å². The van der Waals surface area contributed by atoms with Crippen LogP contribution in [-0.4, -0.2) is 23.3 Å². The highest BCUT2D eigenvalue weighted by atomic mass is 32.2. The summed E-state index contributed by atoms with van der Waals surface area (Å²) in [6.45, 7) is 6.75. The van der Waals surface area contributed by atoms with Gasteiger partial charge in [0, 0.05) is 12.8 Å². The topological polar surface area (TPSA) is 78.3 Å². The molecule has 0 radical (unpaired) electrons. The molecule has 0 unspecified atom stereocenters. The lowest BCUT2D eigenvalue weighted by molar-refractivity contribution is -0.142. The first-order valence-electron chi connectivity index (χ1n) is 7.25. The van der Waals surface area contributed by atoms with Gasteiger partial charge in [-0.25, -0.2) is 17.4 Å². The summed E-state index contributed by atoms with van der Waals surface area (Å²) in [6, 6.07) is 6.60. The van der Waals surface area contributed by atoms with Crippen molar-refractivity contribution in [2.75, 3.05) is 0 Å². The fourth-order valence-corrected chi connectivity index (χ4v) is 3.74. The molecule has 0 saturated carbocycles. The zero-order valence-corrected chi connectivity index (χ0v) is 14.4. The van der Waals surface area contributed by atoms with Crippen molar-refractivity contribution >= 4 is 16.0 Å². The SMILES string of the molecule is CC(=O)OCc1cnc(C(C)C)n1S(=O)(=O)c1ccc(C)cc1. The van der Waals surface area contributed by atoms with Crippen LogP contribution in [0, 0.1) is 6.92 Å². The maximum atomic E-state index is 13.0. The maximum Gasteiger partial charge on any atom is 0.303 e. The van der Waals surface area contributed by atoms with E-state index in [1.807, 2.05) is 20.8 Å². The Kier molecular flexibility index (Phi) is 4.89. The Bertz CT molecular complexity index is 805. The van der Waals surface area contributed by atoms with E-state index in [0.717, 1.165) is 5.56 Å². The molecular weight excluding hydrogens is 316 g/mol. The number of aryl methyl sites for hydroxylation is 1. The standard InChI is InChI=1S/C16H20N2O4S/c1-11(2)16-17-9-14(10-22-13(4)19)18(16)23(20,21)15-7-5-12(3)6-8-15/h5-9,11H,10H2,1-4H3. The van der Waals surface area contributed by atoms with Gasteiger partial charge in [0.05, 0.1) is 16.8 Å². The van der Waals surface area contributed by atoms with Crippen molar-refractivity contribution in [2.24, 2.45) is 0 Å². The molecule has 0 saturated heterocycles. The third-order valence-corrected chi connectivity index (χ3v) is 5.08. The van der Waals surface area contributed by atoms with Crippen LogP contribution in [0.5, 0.6) is 0 Å². The number of hydrogen-bond donors (Lipinski definition) is 0. The lowest BCUT2D eigenvalue weighted by Gasteiger charge is -2.14. The summed E-state index contributed by atoms with van der Waals surface area (Å²) in [7, 11) is -3.80. The van der Waals surface area contributed by atoms with Crippen molar-refractivity contribution in [3.05, 3.63) is 47.5 Å². The molecule has 0 fully saturated rings. The van der Waals surface area contributed by atoms with E-state index in [-0.39, 0.29) is 17.4 Å². The number of carbonyl (C=O) groups excluding carboxylic acids is 1. The third-order valence-electron chi connectivity index (χ3n) is 3.31. The average Bonchev–Trinajstić information content (AvgIpc) is 2.90. The minimum atomic E-state index is -3.80. The van der Waals surface area contributed by atoms with Crippen LogP contribution in [0.3, 0.4) is 0 Å². The number of aromatic nitrogens is 2. The Hall–Kier alpha value is -2.15. The molecule has 0 aliphatic heterocycles. The van der Waals surface area contributed by atoms with Gasteiger partial charge < -0.3 is 4.74 Å². The van der Waals surface area contributed by atoms with Gasteiger partial charge in [-0.3, -0.25) is 4.79 Å². The van der Waals surface area contributed by atoms with Crippen molar-refractivity contribution in [1.29, 1.82) is 0 Å². The fraction of sp³-hybridized carbons (Fsp3) is 0.375. The molecule has 0 aliphatic rings. The predicted octanol–water partition coefficient (Wildman–Crippen LogP) is 2.62. The number of carbonyl (C=O) groups is 1. The summed E-state index contributed by atoms with van der Waals surface area (Å²) in [4.78, 5) is 15.4. The van der Waals surface area contributed by atoms with E-state index in [0.29, 0.717) is 11.5 Å². The highest BCUT2D eigenvalue weighted by Gasteiger charge is 2.26. The predicted molar refractivity (Wildman–Crippen MR) is 85.5 cm³/mol. The smallest absolute Gasteiger partial charge is 0.303 e. The number of ether oxygens (including phenoxy) is 1. The van der Waals surface area contributed by atoms with Crippen molar-refractivity contribution in [1.82, 2.24) is 8.96 Å². The van der Waals surface area contributed by atoms with Crippen LogP contribution in [-0.2, 0) is 26.2 Å². The van der Waals surface area contributed by atoms with E-state index >= 15 is 0 Å². The quantitative estimate of drug-likeness (QED) is 0.784. The second-order valence-corrected chi connectivity index (χ2v) is 7.41. The number of rotatable bonds is 5. The van der Waals surface area contributed by atoms with Gasteiger partial charge in [-0.05, 0) is 19.1 Å². The Morgan fingerprint density at radius 2 is 1.87 bits per heavy atom. The molecule has 2 rings (SSSR count). The van der Waals surface area contributed by atoms with Crippen LogP contribution in [0.2, 0.25) is 0 Å². The van der Waals surface area contributed by atoms with E-state index in [2.05, 4.69) is 4.98 Å². The molecule has 0 amide bonds. The fourth-order valence-electron chi connectivity index (χ4n) is 2.14. The highest BCUT2D eigenvalue weighted by Crippen LogP contribution is 2.23. The summed E-state index contributed by atoms with van der Waals surface area (Å²) in [5, 5.41) is 0. The zero-order valence-electron chi connectivity index (χ0n) is 13.6. The van der Waals surface area contributed by atoms with Crippen molar-refractivity contribution in [3.63, 3.8) is 0 Å². The van der Waals surface area contributed by atoms with Gasteiger partial charge >= 0.3 is 5.97 Å². The van der Waals surface area contributed by atoms with Gasteiger partial charge in [0.25, 0.3) is 10.0 Å². The Morgan fingerprint density at radius 3 is 2.39 bits per heavy atom. The number of benzene rings is 1. The lowest BCUT2D eigenvalue weighted by Crippen LogP contribution is -2.20. The second kappa shape index (κ2) is 6.54. The number of hydrogen-bond acceptors (Lipinski definition) is 5. The molecule has 1 heterocycles. The van der Waals surface area contributed by atoms with Crippen molar-refractivity contribution in [3.8, 4) is 0 Å².